The average molecular weight is 343 g/mol. The van der Waals surface area contributed by atoms with Crippen molar-refractivity contribution in [1.29, 1.82) is 0 Å². The molecule has 8 heteroatoms. The molecule has 1 rings (SSSR count). The van der Waals surface area contributed by atoms with Crippen LogP contribution in [0.25, 0.3) is 0 Å². The second-order valence-corrected chi connectivity index (χ2v) is 7.13. The minimum Gasteiger partial charge on any atom is -0.469 e. The highest BCUT2D eigenvalue weighted by atomic mass is 35.5. The molecule has 0 aromatic rings. The fourth-order valence-corrected chi connectivity index (χ4v) is 4.34. The Bertz CT molecular complexity index is 403. The molecule has 0 bridgehead atoms. The van der Waals surface area contributed by atoms with Crippen LogP contribution in [0.2, 0.25) is 0 Å². The first-order valence-corrected chi connectivity index (χ1v) is 8.84. The van der Waals surface area contributed by atoms with Gasteiger partial charge in [-0.25, -0.2) is 13.1 Å². The van der Waals surface area contributed by atoms with E-state index in [1.807, 2.05) is 0 Å². The Morgan fingerprint density at radius 3 is 2.48 bits per heavy atom. The van der Waals surface area contributed by atoms with Crippen molar-refractivity contribution in [3.63, 3.8) is 0 Å². The van der Waals surface area contributed by atoms with Gasteiger partial charge in [0.2, 0.25) is 10.0 Å². The number of sulfonamides is 1. The lowest BCUT2D eigenvalue weighted by atomic mass is 9.89. The van der Waals surface area contributed by atoms with Gasteiger partial charge in [-0.3, -0.25) is 4.79 Å². The molecule has 6 nitrogen and oxygen atoms in total. The van der Waals surface area contributed by atoms with E-state index in [9.17, 15) is 13.2 Å². The fourth-order valence-electron chi connectivity index (χ4n) is 2.58. The van der Waals surface area contributed by atoms with Crippen molar-refractivity contribution in [1.82, 2.24) is 10.0 Å². The van der Waals surface area contributed by atoms with Gasteiger partial charge in [0.05, 0.1) is 18.3 Å². The number of hydrogen-bond donors (Lipinski definition) is 2. The topological polar surface area (TPSA) is 84.5 Å². The predicted octanol–water partition coefficient (Wildman–Crippen LogP) is 1.06. The summed E-state index contributed by atoms with van der Waals surface area (Å²) in [5.74, 6) is -0.945. The van der Waals surface area contributed by atoms with E-state index in [2.05, 4.69) is 17.0 Å². The minimum absolute atomic E-state index is 0. The van der Waals surface area contributed by atoms with Gasteiger partial charge < -0.3 is 10.1 Å². The zero-order valence-corrected chi connectivity index (χ0v) is 14.4. The summed E-state index contributed by atoms with van der Waals surface area (Å²) in [5, 5.41) is 2.48. The van der Waals surface area contributed by atoms with E-state index < -0.39 is 27.2 Å². The third kappa shape index (κ3) is 6.50. The Labute approximate surface area is 133 Å². The third-order valence-corrected chi connectivity index (χ3v) is 5.60. The maximum absolute atomic E-state index is 12.3. The largest absolute Gasteiger partial charge is 0.469 e. The monoisotopic (exact) mass is 342 g/mol. The second kappa shape index (κ2) is 10.4. The molecule has 2 atom stereocenters. The minimum atomic E-state index is -3.47. The molecule has 0 saturated heterocycles. The molecule has 0 heterocycles. The molecular formula is C13H27ClN2O4S. The third-order valence-electron chi connectivity index (χ3n) is 3.64. The summed E-state index contributed by atoms with van der Waals surface area (Å²) in [7, 11) is -2.16. The van der Waals surface area contributed by atoms with Crippen LogP contribution in [-0.4, -0.2) is 46.4 Å². The first-order valence-electron chi connectivity index (χ1n) is 7.30. The van der Waals surface area contributed by atoms with Gasteiger partial charge in [0, 0.05) is 13.1 Å². The number of rotatable bonds is 8. The summed E-state index contributed by atoms with van der Waals surface area (Å²) in [6, 6.07) is 0. The Morgan fingerprint density at radius 2 is 1.86 bits per heavy atom. The Hall–Kier alpha value is -0.370. The maximum atomic E-state index is 12.3. The molecule has 0 aliphatic heterocycles. The van der Waals surface area contributed by atoms with Gasteiger partial charge in [-0.1, -0.05) is 19.8 Å². The number of halogens is 1. The Kier molecular flexibility index (Phi) is 10.2. The van der Waals surface area contributed by atoms with Crippen molar-refractivity contribution in [2.75, 3.05) is 26.7 Å². The van der Waals surface area contributed by atoms with E-state index in [0.29, 0.717) is 25.9 Å². The molecule has 0 radical (unpaired) electrons. The quantitative estimate of drug-likeness (QED) is 0.509. The fraction of sp³-hybridized carbons (Fsp3) is 0.923. The molecule has 2 N–H and O–H groups in total. The zero-order chi connectivity index (χ0) is 15.0. The molecule has 0 amide bonds. The Balaban J connectivity index is 0.00000400. The van der Waals surface area contributed by atoms with E-state index in [1.165, 1.54) is 7.11 Å². The number of methoxy groups -OCH3 is 1. The summed E-state index contributed by atoms with van der Waals surface area (Å²) in [4.78, 5) is 11.7. The summed E-state index contributed by atoms with van der Waals surface area (Å²) in [6.07, 6.45) is 3.85. The normalized spacial score (nSPS) is 22.4. The van der Waals surface area contributed by atoms with Crippen molar-refractivity contribution in [3.8, 4) is 0 Å². The molecule has 1 fully saturated rings. The van der Waals surface area contributed by atoms with Crippen LogP contribution in [0.3, 0.4) is 0 Å². The number of carbonyl (C=O) groups is 1. The first kappa shape index (κ1) is 20.6. The lowest BCUT2D eigenvalue weighted by Crippen LogP contribution is -2.45. The number of ether oxygens (including phenoxy) is 1. The van der Waals surface area contributed by atoms with E-state index in [1.54, 1.807) is 0 Å². The van der Waals surface area contributed by atoms with E-state index in [4.69, 9.17) is 4.74 Å². The zero-order valence-electron chi connectivity index (χ0n) is 12.8. The van der Waals surface area contributed by atoms with Crippen molar-refractivity contribution < 1.29 is 17.9 Å². The smallest absolute Gasteiger partial charge is 0.310 e. The van der Waals surface area contributed by atoms with Gasteiger partial charge in [-0.05, 0) is 25.8 Å². The van der Waals surface area contributed by atoms with Gasteiger partial charge in [-0.15, -0.1) is 12.4 Å². The van der Waals surface area contributed by atoms with Gasteiger partial charge in [-0.2, -0.15) is 0 Å². The van der Waals surface area contributed by atoms with Gasteiger partial charge in [0.15, 0.2) is 0 Å². The van der Waals surface area contributed by atoms with Gasteiger partial charge >= 0.3 is 5.97 Å². The molecule has 2 unspecified atom stereocenters. The van der Waals surface area contributed by atoms with E-state index in [0.717, 1.165) is 25.8 Å². The summed E-state index contributed by atoms with van der Waals surface area (Å²) in [5.41, 5.74) is 0. The molecule has 21 heavy (non-hydrogen) atoms. The van der Waals surface area contributed by atoms with Crippen LogP contribution in [0.4, 0.5) is 0 Å². The molecule has 126 valence electrons. The second-order valence-electron chi connectivity index (χ2n) is 5.14. The maximum Gasteiger partial charge on any atom is 0.310 e. The van der Waals surface area contributed by atoms with Crippen molar-refractivity contribution in [3.05, 3.63) is 0 Å². The average Bonchev–Trinajstić information content (AvgIpc) is 2.46. The van der Waals surface area contributed by atoms with Crippen LogP contribution >= 0.6 is 12.4 Å². The van der Waals surface area contributed by atoms with E-state index >= 15 is 0 Å². The van der Waals surface area contributed by atoms with Crippen LogP contribution in [0.1, 0.15) is 39.0 Å². The number of nitrogens with one attached hydrogen (secondary N) is 2. The van der Waals surface area contributed by atoms with Crippen molar-refractivity contribution >= 4 is 28.4 Å². The van der Waals surface area contributed by atoms with Gasteiger partial charge in [0.1, 0.15) is 0 Å². The molecular weight excluding hydrogens is 316 g/mol. The number of carbonyl (C=O) groups excluding carboxylic acids is 1. The van der Waals surface area contributed by atoms with Crippen LogP contribution in [-0.2, 0) is 19.6 Å². The number of hydrogen-bond acceptors (Lipinski definition) is 5. The summed E-state index contributed by atoms with van der Waals surface area (Å²) in [6.45, 7) is 3.88. The lowest BCUT2D eigenvalue weighted by molar-refractivity contribution is -0.146. The number of esters is 1. The van der Waals surface area contributed by atoms with Crippen molar-refractivity contribution in [2.24, 2.45) is 5.92 Å². The summed E-state index contributed by atoms with van der Waals surface area (Å²) < 4.78 is 31.9. The summed E-state index contributed by atoms with van der Waals surface area (Å²) >= 11 is 0. The Morgan fingerprint density at radius 1 is 1.19 bits per heavy atom. The highest BCUT2D eigenvalue weighted by molar-refractivity contribution is 7.90. The van der Waals surface area contributed by atoms with E-state index in [-0.39, 0.29) is 12.4 Å². The molecule has 0 spiro atoms. The van der Waals surface area contributed by atoms with Crippen LogP contribution < -0.4 is 10.0 Å². The molecule has 1 aliphatic rings. The molecule has 0 aromatic carbocycles. The SMILES string of the molecule is CCCNCCNS(=O)(=O)C1CCCCC1C(=O)OC.Cl. The van der Waals surface area contributed by atoms with Crippen LogP contribution in [0, 0.1) is 5.92 Å². The van der Waals surface area contributed by atoms with Crippen molar-refractivity contribution in [2.45, 2.75) is 44.3 Å². The standard InChI is InChI=1S/C13H26N2O4S.ClH/c1-3-8-14-9-10-15-20(17,18)12-7-5-4-6-11(12)13(16)19-2;/h11-12,14-15H,3-10H2,1-2H3;1H. The predicted molar refractivity (Wildman–Crippen MR) is 85.1 cm³/mol. The first-order chi connectivity index (χ1) is 9.53. The van der Waals surface area contributed by atoms with Crippen LogP contribution in [0.5, 0.6) is 0 Å². The molecule has 1 aliphatic carbocycles. The lowest BCUT2D eigenvalue weighted by Gasteiger charge is -2.29. The van der Waals surface area contributed by atoms with Gasteiger partial charge in [0.25, 0.3) is 0 Å². The highest BCUT2D eigenvalue weighted by Gasteiger charge is 2.39. The highest BCUT2D eigenvalue weighted by Crippen LogP contribution is 2.30. The molecule has 0 aromatic heterocycles. The van der Waals surface area contributed by atoms with Crippen LogP contribution in [0.15, 0.2) is 0 Å². The molecule has 1 saturated carbocycles.